The van der Waals surface area contributed by atoms with Crippen molar-refractivity contribution in [2.75, 3.05) is 31.5 Å². The lowest BCUT2D eigenvalue weighted by molar-refractivity contribution is -0.119. The van der Waals surface area contributed by atoms with Gasteiger partial charge in [0.25, 0.3) is 11.8 Å². The molecule has 8 nitrogen and oxygen atoms in total. The van der Waals surface area contributed by atoms with Crippen molar-refractivity contribution < 1.29 is 33.0 Å². The number of ether oxygens (including phenoxy) is 3. The van der Waals surface area contributed by atoms with Crippen molar-refractivity contribution in [1.82, 2.24) is 0 Å². The molecule has 32 heavy (non-hydrogen) atoms. The van der Waals surface area contributed by atoms with Gasteiger partial charge < -0.3 is 24.8 Å². The van der Waals surface area contributed by atoms with Crippen molar-refractivity contribution in [3.63, 3.8) is 0 Å². The van der Waals surface area contributed by atoms with Crippen LogP contribution in [-0.4, -0.2) is 38.6 Å². The predicted octanol–water partition coefficient (Wildman–Crippen LogP) is 3.95. The number of carbonyl (C=O) groups excluding carboxylic acids is 3. The summed E-state index contributed by atoms with van der Waals surface area (Å²) in [6, 6.07) is 11.3. The molecule has 0 bridgehead atoms. The van der Waals surface area contributed by atoms with Crippen LogP contribution in [-0.2, 0) is 9.53 Å². The van der Waals surface area contributed by atoms with Crippen LogP contribution in [0.2, 0.25) is 0 Å². The molecule has 1 aromatic heterocycles. The number of methoxy groups -OCH3 is 2. The largest absolute Gasteiger partial charge is 0.493 e. The molecule has 2 aromatic carbocycles. The minimum Gasteiger partial charge on any atom is -0.493 e. The molecule has 0 aliphatic heterocycles. The summed E-state index contributed by atoms with van der Waals surface area (Å²) in [6.07, 6.45) is 0. The smallest absolute Gasteiger partial charge is 0.340 e. The van der Waals surface area contributed by atoms with E-state index in [0.29, 0.717) is 16.3 Å². The molecule has 2 amide bonds. The average Bonchev–Trinajstić information content (AvgIpc) is 3.34. The number of hydrogen-bond donors (Lipinski definition) is 2. The second-order valence-electron chi connectivity index (χ2n) is 6.32. The molecule has 0 saturated carbocycles. The van der Waals surface area contributed by atoms with Crippen LogP contribution in [0.25, 0.3) is 0 Å². The number of carbonyl (C=O) groups is 3. The number of amides is 2. The highest BCUT2D eigenvalue weighted by atomic mass is 32.1. The van der Waals surface area contributed by atoms with E-state index in [2.05, 4.69) is 10.6 Å². The molecule has 0 fully saturated rings. The Morgan fingerprint density at radius 3 is 2.28 bits per heavy atom. The highest BCUT2D eigenvalue weighted by molar-refractivity contribution is 7.12. The van der Waals surface area contributed by atoms with Crippen LogP contribution in [0.3, 0.4) is 0 Å². The van der Waals surface area contributed by atoms with Crippen LogP contribution < -0.4 is 20.1 Å². The van der Waals surface area contributed by atoms with Crippen molar-refractivity contribution >= 4 is 40.5 Å². The van der Waals surface area contributed by atoms with Gasteiger partial charge in [-0.15, -0.1) is 11.3 Å². The van der Waals surface area contributed by atoms with Gasteiger partial charge in [-0.1, -0.05) is 6.07 Å². The zero-order chi connectivity index (χ0) is 23.1. The number of hydrogen-bond acceptors (Lipinski definition) is 7. The van der Waals surface area contributed by atoms with Crippen molar-refractivity contribution in [3.05, 3.63) is 70.2 Å². The second kappa shape index (κ2) is 10.4. The Hall–Kier alpha value is -3.92. The summed E-state index contributed by atoms with van der Waals surface area (Å²) in [5.41, 5.74) is 0.453. The molecule has 0 aliphatic carbocycles. The van der Waals surface area contributed by atoms with Crippen LogP contribution in [0.15, 0.2) is 53.9 Å². The Balaban J connectivity index is 1.76. The molecule has 0 atom stereocenters. The third-order valence-electron chi connectivity index (χ3n) is 4.20. The number of rotatable bonds is 8. The Morgan fingerprint density at radius 2 is 1.66 bits per heavy atom. The normalized spacial score (nSPS) is 10.2. The molecule has 3 aromatic rings. The first-order valence-corrected chi connectivity index (χ1v) is 10.1. The maximum absolute atomic E-state index is 13.0. The van der Waals surface area contributed by atoms with Gasteiger partial charge in [0.1, 0.15) is 5.82 Å². The van der Waals surface area contributed by atoms with Gasteiger partial charge in [-0.25, -0.2) is 9.18 Å². The van der Waals surface area contributed by atoms with Gasteiger partial charge in [0.15, 0.2) is 18.1 Å². The van der Waals surface area contributed by atoms with E-state index in [-0.39, 0.29) is 17.0 Å². The summed E-state index contributed by atoms with van der Waals surface area (Å²) in [5, 5.41) is 6.89. The molecule has 166 valence electrons. The molecule has 0 radical (unpaired) electrons. The lowest BCUT2D eigenvalue weighted by atomic mass is 10.1. The van der Waals surface area contributed by atoms with Crippen LogP contribution in [0.5, 0.6) is 11.5 Å². The standard InChI is InChI=1S/C22H19FN2O6S/c1-29-17-10-15(16(11-18(17)30-2)25-21(27)19-4-3-9-32-19)22(28)31-12-20(26)24-14-7-5-13(23)6-8-14/h3-11H,12H2,1-2H3,(H,24,26)(H,25,27). The Kier molecular flexibility index (Phi) is 7.40. The molecular weight excluding hydrogens is 439 g/mol. The van der Waals surface area contributed by atoms with Crippen molar-refractivity contribution in [1.29, 1.82) is 0 Å². The fraction of sp³-hybridized carbons (Fsp3) is 0.136. The van der Waals surface area contributed by atoms with E-state index in [1.54, 1.807) is 17.5 Å². The van der Waals surface area contributed by atoms with E-state index in [9.17, 15) is 18.8 Å². The molecule has 0 spiro atoms. The van der Waals surface area contributed by atoms with Crippen LogP contribution in [0, 0.1) is 5.82 Å². The summed E-state index contributed by atoms with van der Waals surface area (Å²) < 4.78 is 28.5. The summed E-state index contributed by atoms with van der Waals surface area (Å²) in [6.45, 7) is -0.594. The topological polar surface area (TPSA) is 103 Å². The number of esters is 1. The van der Waals surface area contributed by atoms with E-state index in [1.165, 1.54) is 62.0 Å². The summed E-state index contributed by atoms with van der Waals surface area (Å²) in [5.74, 6) is -1.81. The molecule has 3 rings (SSSR count). The molecule has 0 saturated heterocycles. The fourth-order valence-corrected chi connectivity index (χ4v) is 3.30. The van der Waals surface area contributed by atoms with E-state index in [4.69, 9.17) is 14.2 Å². The Labute approximate surface area is 186 Å². The highest BCUT2D eigenvalue weighted by Gasteiger charge is 2.21. The molecule has 1 heterocycles. The third kappa shape index (κ3) is 5.61. The number of thiophene rings is 1. The van der Waals surface area contributed by atoms with E-state index >= 15 is 0 Å². The van der Waals surface area contributed by atoms with E-state index < -0.39 is 30.2 Å². The SMILES string of the molecule is COc1cc(NC(=O)c2cccs2)c(C(=O)OCC(=O)Nc2ccc(F)cc2)cc1OC. The average molecular weight is 458 g/mol. The van der Waals surface area contributed by atoms with Crippen molar-refractivity contribution in [3.8, 4) is 11.5 Å². The molecule has 2 N–H and O–H groups in total. The fourth-order valence-electron chi connectivity index (χ4n) is 2.68. The van der Waals surface area contributed by atoms with Gasteiger partial charge in [-0.2, -0.15) is 0 Å². The minimum atomic E-state index is -0.860. The van der Waals surface area contributed by atoms with Gasteiger partial charge in [0.05, 0.1) is 30.3 Å². The predicted molar refractivity (Wildman–Crippen MR) is 117 cm³/mol. The molecular formula is C22H19FN2O6S. The Morgan fingerprint density at radius 1 is 0.969 bits per heavy atom. The third-order valence-corrected chi connectivity index (χ3v) is 5.07. The zero-order valence-corrected chi connectivity index (χ0v) is 18.0. The first-order valence-electron chi connectivity index (χ1n) is 9.24. The summed E-state index contributed by atoms with van der Waals surface area (Å²) >= 11 is 1.24. The number of anilines is 2. The molecule has 0 aliphatic rings. The van der Waals surface area contributed by atoms with Gasteiger partial charge >= 0.3 is 5.97 Å². The van der Waals surface area contributed by atoms with Crippen molar-refractivity contribution in [2.24, 2.45) is 0 Å². The first-order chi connectivity index (χ1) is 15.4. The van der Waals surface area contributed by atoms with Crippen LogP contribution >= 0.6 is 11.3 Å². The lowest BCUT2D eigenvalue weighted by Gasteiger charge is -2.15. The quantitative estimate of drug-likeness (QED) is 0.496. The maximum atomic E-state index is 13.0. The monoisotopic (exact) mass is 458 g/mol. The van der Waals surface area contributed by atoms with Crippen LogP contribution in [0.1, 0.15) is 20.0 Å². The van der Waals surface area contributed by atoms with E-state index in [1.807, 2.05) is 0 Å². The van der Waals surface area contributed by atoms with Gasteiger partial charge in [0.2, 0.25) is 0 Å². The lowest BCUT2D eigenvalue weighted by Crippen LogP contribution is -2.22. The number of benzene rings is 2. The van der Waals surface area contributed by atoms with Gasteiger partial charge in [-0.3, -0.25) is 9.59 Å². The first kappa shape index (κ1) is 22.8. The second-order valence-corrected chi connectivity index (χ2v) is 7.26. The van der Waals surface area contributed by atoms with Gasteiger partial charge in [-0.05, 0) is 35.7 Å². The summed E-state index contributed by atoms with van der Waals surface area (Å²) in [7, 11) is 2.81. The maximum Gasteiger partial charge on any atom is 0.340 e. The molecule has 0 unspecified atom stereocenters. The van der Waals surface area contributed by atoms with Crippen LogP contribution in [0.4, 0.5) is 15.8 Å². The zero-order valence-electron chi connectivity index (χ0n) is 17.1. The van der Waals surface area contributed by atoms with Crippen molar-refractivity contribution in [2.45, 2.75) is 0 Å². The number of nitrogens with one attached hydrogen (secondary N) is 2. The molecule has 10 heteroatoms. The minimum absolute atomic E-state index is 0.0258. The summed E-state index contributed by atoms with van der Waals surface area (Å²) in [4.78, 5) is 37.7. The Bertz CT molecular complexity index is 1120. The number of halogens is 1. The highest BCUT2D eigenvalue weighted by Crippen LogP contribution is 2.34. The van der Waals surface area contributed by atoms with E-state index in [0.717, 1.165) is 0 Å². The van der Waals surface area contributed by atoms with Gasteiger partial charge in [0, 0.05) is 17.8 Å².